The number of unbranched alkanes of at least 4 members (excludes halogenated alkanes) is 1. The van der Waals surface area contributed by atoms with Crippen molar-refractivity contribution in [2.75, 3.05) is 5.75 Å². The molecule has 0 bridgehead atoms. The Morgan fingerprint density at radius 2 is 2.04 bits per heavy atom. The molecule has 0 aliphatic heterocycles. The number of rotatable bonds is 8. The Bertz CT molecular complexity index is 757. The number of aliphatic carboxylic acids is 1. The van der Waals surface area contributed by atoms with E-state index in [4.69, 9.17) is 0 Å². The van der Waals surface area contributed by atoms with Crippen molar-refractivity contribution in [1.82, 2.24) is 25.3 Å². The smallest absolute Gasteiger partial charge is 0.329 e. The number of nitrogens with one attached hydrogen (secondary N) is 2. The summed E-state index contributed by atoms with van der Waals surface area (Å²) in [5.74, 6) is -0.267. The number of fused-ring (bicyclic) bond motifs is 1. The van der Waals surface area contributed by atoms with Crippen molar-refractivity contribution in [3.05, 3.63) is 12.7 Å². The van der Waals surface area contributed by atoms with Crippen molar-refractivity contribution < 1.29 is 14.7 Å². The maximum absolute atomic E-state index is 12.1. The zero-order valence-corrected chi connectivity index (χ0v) is 14.6. The number of carbonyl (C=O) groups excluding carboxylic acids is 1. The molecular formula is C16H21N5O3S. The number of hydrogen-bond donors (Lipinski definition) is 3. The first-order valence-corrected chi connectivity index (χ1v) is 9.41. The van der Waals surface area contributed by atoms with Crippen LogP contribution in [0.1, 0.15) is 44.9 Å². The Morgan fingerprint density at radius 1 is 1.24 bits per heavy atom. The summed E-state index contributed by atoms with van der Waals surface area (Å²) in [6.07, 6.45) is 7.74. The molecule has 1 aliphatic carbocycles. The van der Waals surface area contributed by atoms with Crippen LogP contribution >= 0.6 is 11.8 Å². The fourth-order valence-electron chi connectivity index (χ4n) is 3.11. The van der Waals surface area contributed by atoms with Crippen LogP contribution in [0.5, 0.6) is 0 Å². The van der Waals surface area contributed by atoms with Gasteiger partial charge in [-0.15, -0.1) is 11.8 Å². The summed E-state index contributed by atoms with van der Waals surface area (Å²) >= 11 is 1.60. The topological polar surface area (TPSA) is 121 Å². The van der Waals surface area contributed by atoms with Gasteiger partial charge < -0.3 is 15.4 Å². The van der Waals surface area contributed by atoms with Gasteiger partial charge in [-0.1, -0.05) is 12.8 Å². The van der Waals surface area contributed by atoms with E-state index in [1.54, 1.807) is 18.1 Å². The molecule has 134 valence electrons. The van der Waals surface area contributed by atoms with Gasteiger partial charge in [-0.25, -0.2) is 19.7 Å². The molecule has 3 N–H and O–H groups in total. The number of amides is 1. The van der Waals surface area contributed by atoms with Gasteiger partial charge in [0.05, 0.1) is 6.33 Å². The van der Waals surface area contributed by atoms with Gasteiger partial charge in [0.1, 0.15) is 22.4 Å². The van der Waals surface area contributed by atoms with Crippen LogP contribution < -0.4 is 5.32 Å². The second-order valence-electron chi connectivity index (χ2n) is 6.23. The molecule has 25 heavy (non-hydrogen) atoms. The molecule has 2 heterocycles. The molecule has 9 heteroatoms. The molecule has 0 atom stereocenters. The van der Waals surface area contributed by atoms with Gasteiger partial charge in [0.25, 0.3) is 0 Å². The highest BCUT2D eigenvalue weighted by Crippen LogP contribution is 2.30. The van der Waals surface area contributed by atoms with Crippen LogP contribution in [-0.4, -0.2) is 48.2 Å². The Balaban J connectivity index is 1.40. The van der Waals surface area contributed by atoms with Gasteiger partial charge in [-0.3, -0.25) is 4.79 Å². The maximum Gasteiger partial charge on any atom is 0.329 e. The van der Waals surface area contributed by atoms with Gasteiger partial charge in [0.2, 0.25) is 5.91 Å². The summed E-state index contributed by atoms with van der Waals surface area (Å²) in [5.41, 5.74) is 0.432. The van der Waals surface area contributed by atoms with E-state index in [0.29, 0.717) is 31.3 Å². The van der Waals surface area contributed by atoms with Crippen LogP contribution in [0.3, 0.4) is 0 Å². The second-order valence-corrected chi connectivity index (χ2v) is 7.31. The first-order chi connectivity index (χ1) is 12.1. The minimum Gasteiger partial charge on any atom is -0.480 e. The number of aromatic amines is 1. The molecule has 3 rings (SSSR count). The van der Waals surface area contributed by atoms with E-state index < -0.39 is 11.5 Å². The quantitative estimate of drug-likeness (QED) is 0.373. The van der Waals surface area contributed by atoms with E-state index in [-0.39, 0.29) is 5.91 Å². The van der Waals surface area contributed by atoms with Gasteiger partial charge in [-0.05, 0) is 31.4 Å². The number of carbonyl (C=O) groups is 2. The molecule has 0 saturated heterocycles. The van der Waals surface area contributed by atoms with E-state index in [1.807, 2.05) is 0 Å². The normalized spacial score (nSPS) is 16.2. The van der Waals surface area contributed by atoms with E-state index in [0.717, 1.165) is 35.6 Å². The third-order valence-electron chi connectivity index (χ3n) is 4.47. The number of aromatic nitrogens is 4. The average molecular weight is 363 g/mol. The Hall–Kier alpha value is -2.16. The number of carboxylic acids is 1. The van der Waals surface area contributed by atoms with Crippen molar-refractivity contribution in [3.8, 4) is 0 Å². The van der Waals surface area contributed by atoms with Gasteiger partial charge in [0.15, 0.2) is 5.65 Å². The number of thioether (sulfide) groups is 1. The van der Waals surface area contributed by atoms with Crippen molar-refractivity contribution in [2.24, 2.45) is 0 Å². The van der Waals surface area contributed by atoms with Gasteiger partial charge in [0, 0.05) is 6.42 Å². The number of imidazole rings is 1. The number of carboxylic acid groups (broad SMARTS) is 1. The standard InChI is InChI=1S/C16H21N5O3S/c22-11(21-16(15(23)24)6-2-3-7-16)5-1-4-8-25-14-12-13(18-9-17-12)19-10-20-14/h9-10H,1-8H2,(H,21,22)(H,23,24)(H,17,18,19,20). The lowest BCUT2D eigenvalue weighted by molar-refractivity contribution is -0.147. The zero-order chi connectivity index (χ0) is 17.7. The molecule has 2 aromatic rings. The van der Waals surface area contributed by atoms with Crippen molar-refractivity contribution >= 4 is 34.8 Å². The van der Waals surface area contributed by atoms with Crippen LogP contribution in [-0.2, 0) is 9.59 Å². The molecule has 1 aliphatic rings. The lowest BCUT2D eigenvalue weighted by Gasteiger charge is -2.25. The van der Waals surface area contributed by atoms with E-state index in [9.17, 15) is 14.7 Å². The average Bonchev–Trinajstić information content (AvgIpc) is 3.24. The summed E-state index contributed by atoms with van der Waals surface area (Å²) in [5, 5.41) is 13.0. The zero-order valence-electron chi connectivity index (χ0n) is 13.8. The molecular weight excluding hydrogens is 342 g/mol. The third kappa shape index (κ3) is 4.09. The Kier molecular flexibility index (Phi) is 5.52. The number of H-pyrrole nitrogens is 1. The van der Waals surface area contributed by atoms with Crippen molar-refractivity contribution in [3.63, 3.8) is 0 Å². The van der Waals surface area contributed by atoms with E-state index in [2.05, 4.69) is 25.3 Å². The second kappa shape index (κ2) is 7.81. The molecule has 0 radical (unpaired) electrons. The molecule has 2 aromatic heterocycles. The minimum atomic E-state index is -1.04. The number of hydrogen-bond acceptors (Lipinski definition) is 6. The minimum absolute atomic E-state index is 0.174. The third-order valence-corrected chi connectivity index (χ3v) is 5.55. The summed E-state index contributed by atoms with van der Waals surface area (Å²) < 4.78 is 0. The highest BCUT2D eigenvalue weighted by atomic mass is 32.2. The maximum atomic E-state index is 12.1. The molecule has 1 fully saturated rings. The van der Waals surface area contributed by atoms with Crippen LogP contribution in [0.4, 0.5) is 0 Å². The highest BCUT2D eigenvalue weighted by molar-refractivity contribution is 7.99. The molecule has 0 unspecified atom stereocenters. The SMILES string of the molecule is O=C(CCCCSc1ncnc2nc[nH]c12)NC1(C(=O)O)CCCC1. The Morgan fingerprint density at radius 3 is 2.80 bits per heavy atom. The van der Waals surface area contributed by atoms with Crippen LogP contribution in [0.25, 0.3) is 11.2 Å². The Labute approximate surface area is 149 Å². The highest BCUT2D eigenvalue weighted by Gasteiger charge is 2.42. The van der Waals surface area contributed by atoms with Crippen LogP contribution in [0.15, 0.2) is 17.7 Å². The molecule has 1 amide bonds. The van der Waals surface area contributed by atoms with Crippen LogP contribution in [0.2, 0.25) is 0 Å². The van der Waals surface area contributed by atoms with Crippen LogP contribution in [0, 0.1) is 0 Å². The molecule has 1 saturated carbocycles. The lowest BCUT2D eigenvalue weighted by atomic mass is 9.97. The van der Waals surface area contributed by atoms with Gasteiger partial charge >= 0.3 is 5.97 Å². The summed E-state index contributed by atoms with van der Waals surface area (Å²) in [7, 11) is 0. The predicted octanol–water partition coefficient (Wildman–Crippen LogP) is 2.13. The molecule has 8 nitrogen and oxygen atoms in total. The summed E-state index contributed by atoms with van der Waals surface area (Å²) in [6.45, 7) is 0. The van der Waals surface area contributed by atoms with E-state index >= 15 is 0 Å². The first kappa shape index (κ1) is 17.7. The van der Waals surface area contributed by atoms with Gasteiger partial charge in [-0.2, -0.15) is 0 Å². The lowest BCUT2D eigenvalue weighted by Crippen LogP contribution is -2.52. The largest absolute Gasteiger partial charge is 0.480 e. The van der Waals surface area contributed by atoms with Crippen molar-refractivity contribution in [1.29, 1.82) is 0 Å². The van der Waals surface area contributed by atoms with Crippen molar-refractivity contribution in [2.45, 2.75) is 55.5 Å². The predicted molar refractivity (Wildman–Crippen MR) is 93.2 cm³/mol. The summed E-state index contributed by atoms with van der Waals surface area (Å²) in [4.78, 5) is 38.9. The fraction of sp³-hybridized carbons (Fsp3) is 0.562. The monoisotopic (exact) mass is 363 g/mol. The molecule has 0 spiro atoms. The molecule has 0 aromatic carbocycles. The van der Waals surface area contributed by atoms with E-state index in [1.165, 1.54) is 6.33 Å². The summed E-state index contributed by atoms with van der Waals surface area (Å²) in [6, 6.07) is 0. The fourth-order valence-corrected chi connectivity index (χ4v) is 4.07. The number of nitrogens with zero attached hydrogens (tertiary/aromatic N) is 3. The first-order valence-electron chi connectivity index (χ1n) is 8.42.